The van der Waals surface area contributed by atoms with E-state index in [2.05, 4.69) is 22.3 Å². The Balaban J connectivity index is 1.61. The van der Waals surface area contributed by atoms with Gasteiger partial charge in [-0.25, -0.2) is 0 Å². The molecule has 1 aliphatic rings. The van der Waals surface area contributed by atoms with E-state index in [0.717, 1.165) is 45.0 Å². The van der Waals surface area contributed by atoms with E-state index < -0.39 is 11.7 Å². The van der Waals surface area contributed by atoms with E-state index in [4.69, 9.17) is 4.74 Å². The number of nitrogens with one attached hydrogen (secondary N) is 1. The maximum atomic E-state index is 13.0. The van der Waals surface area contributed by atoms with Gasteiger partial charge in [0.1, 0.15) is 0 Å². The summed E-state index contributed by atoms with van der Waals surface area (Å²) in [5.74, 6) is 0. The van der Waals surface area contributed by atoms with E-state index in [0.29, 0.717) is 12.3 Å². The van der Waals surface area contributed by atoms with Gasteiger partial charge in [-0.1, -0.05) is 36.4 Å². The normalized spacial score (nSPS) is 17.4. The van der Waals surface area contributed by atoms with Crippen molar-refractivity contribution >= 4 is 5.69 Å². The lowest BCUT2D eigenvalue weighted by atomic mass is 9.87. The molecule has 3 nitrogen and oxygen atoms in total. The standard InChI is InChI=1S/C22H27F3N2O/c1-28-17-21(26-20-9-5-8-19(16-20)22(23,24)25)11-14-27(15-12-21)13-10-18-6-3-2-4-7-18/h2-9,16,26H,10-15,17H2,1H3. The zero-order valence-electron chi connectivity index (χ0n) is 16.1. The van der Waals surface area contributed by atoms with Crippen LogP contribution in [0.1, 0.15) is 24.0 Å². The molecule has 152 valence electrons. The predicted molar refractivity (Wildman–Crippen MR) is 105 cm³/mol. The molecule has 3 rings (SSSR count). The summed E-state index contributed by atoms with van der Waals surface area (Å²) in [5.41, 5.74) is 0.829. The fourth-order valence-electron chi connectivity index (χ4n) is 3.80. The number of piperidine rings is 1. The Kier molecular flexibility index (Phi) is 6.62. The Morgan fingerprint density at radius 1 is 1.04 bits per heavy atom. The van der Waals surface area contributed by atoms with Gasteiger partial charge in [-0.05, 0) is 43.0 Å². The number of halogens is 3. The summed E-state index contributed by atoms with van der Waals surface area (Å²) < 4.78 is 44.4. The van der Waals surface area contributed by atoms with Crippen LogP contribution >= 0.6 is 0 Å². The third-order valence-corrected chi connectivity index (χ3v) is 5.39. The molecule has 1 saturated heterocycles. The zero-order chi connectivity index (χ0) is 20.0. The fraction of sp³-hybridized carbons (Fsp3) is 0.455. The minimum Gasteiger partial charge on any atom is -0.382 e. The average Bonchev–Trinajstić information content (AvgIpc) is 2.68. The van der Waals surface area contributed by atoms with Crippen LogP contribution in [0.25, 0.3) is 0 Å². The molecular formula is C22H27F3N2O. The van der Waals surface area contributed by atoms with Gasteiger partial charge in [0.05, 0.1) is 17.7 Å². The van der Waals surface area contributed by atoms with E-state index in [-0.39, 0.29) is 5.54 Å². The average molecular weight is 392 g/mol. The van der Waals surface area contributed by atoms with Gasteiger partial charge in [0.25, 0.3) is 0 Å². The van der Waals surface area contributed by atoms with Crippen molar-refractivity contribution in [3.05, 3.63) is 65.7 Å². The molecule has 2 aromatic rings. The van der Waals surface area contributed by atoms with E-state index in [1.807, 2.05) is 18.2 Å². The van der Waals surface area contributed by atoms with Crippen molar-refractivity contribution in [1.29, 1.82) is 0 Å². The Morgan fingerprint density at radius 2 is 1.75 bits per heavy atom. The van der Waals surface area contributed by atoms with Crippen LogP contribution in [0.15, 0.2) is 54.6 Å². The quantitative estimate of drug-likeness (QED) is 0.730. The highest BCUT2D eigenvalue weighted by molar-refractivity contribution is 5.49. The minimum absolute atomic E-state index is 0.345. The molecule has 2 aromatic carbocycles. The molecule has 1 heterocycles. The second-order valence-corrected chi connectivity index (χ2v) is 7.49. The van der Waals surface area contributed by atoms with Crippen molar-refractivity contribution in [2.45, 2.75) is 31.0 Å². The lowest BCUT2D eigenvalue weighted by Gasteiger charge is -2.42. The number of rotatable bonds is 7. The third kappa shape index (κ3) is 5.49. The van der Waals surface area contributed by atoms with Gasteiger partial charge in [-0.3, -0.25) is 0 Å². The first kappa shape index (κ1) is 20.7. The summed E-state index contributed by atoms with van der Waals surface area (Å²) in [7, 11) is 1.64. The highest BCUT2D eigenvalue weighted by Crippen LogP contribution is 2.33. The van der Waals surface area contributed by atoms with Gasteiger partial charge >= 0.3 is 6.18 Å². The first-order valence-corrected chi connectivity index (χ1v) is 9.61. The molecule has 0 amide bonds. The van der Waals surface area contributed by atoms with E-state index in [1.165, 1.54) is 17.7 Å². The fourth-order valence-corrected chi connectivity index (χ4v) is 3.80. The van der Waals surface area contributed by atoms with E-state index in [1.54, 1.807) is 13.2 Å². The second kappa shape index (κ2) is 8.97. The number of hydrogen-bond acceptors (Lipinski definition) is 3. The van der Waals surface area contributed by atoms with Crippen LogP contribution in [0.3, 0.4) is 0 Å². The van der Waals surface area contributed by atoms with Crippen LogP contribution in [0.5, 0.6) is 0 Å². The van der Waals surface area contributed by atoms with Crippen LogP contribution in [0.4, 0.5) is 18.9 Å². The molecule has 0 saturated carbocycles. The highest BCUT2D eigenvalue weighted by atomic mass is 19.4. The molecule has 28 heavy (non-hydrogen) atoms. The maximum absolute atomic E-state index is 13.0. The summed E-state index contributed by atoms with van der Waals surface area (Å²) in [4.78, 5) is 2.41. The van der Waals surface area contributed by atoms with Crippen molar-refractivity contribution in [1.82, 2.24) is 4.90 Å². The number of ether oxygens (including phenoxy) is 1. The number of nitrogens with zero attached hydrogens (tertiary/aromatic N) is 1. The first-order chi connectivity index (χ1) is 13.4. The van der Waals surface area contributed by atoms with Gasteiger partial charge in [0.15, 0.2) is 0 Å². The summed E-state index contributed by atoms with van der Waals surface area (Å²) in [6.45, 7) is 3.23. The topological polar surface area (TPSA) is 24.5 Å². The number of likely N-dealkylation sites (tertiary alicyclic amines) is 1. The number of alkyl halides is 3. The highest BCUT2D eigenvalue weighted by Gasteiger charge is 2.35. The Labute approximate surface area is 164 Å². The summed E-state index contributed by atoms with van der Waals surface area (Å²) >= 11 is 0. The smallest absolute Gasteiger partial charge is 0.382 e. The zero-order valence-corrected chi connectivity index (χ0v) is 16.1. The number of benzene rings is 2. The van der Waals surface area contributed by atoms with Crippen LogP contribution in [0, 0.1) is 0 Å². The predicted octanol–water partition coefficient (Wildman–Crippen LogP) is 4.84. The van der Waals surface area contributed by atoms with E-state index in [9.17, 15) is 13.2 Å². The maximum Gasteiger partial charge on any atom is 0.416 e. The van der Waals surface area contributed by atoms with Gasteiger partial charge in [-0.2, -0.15) is 13.2 Å². The van der Waals surface area contributed by atoms with Crippen LogP contribution in [-0.2, 0) is 17.3 Å². The molecule has 1 aliphatic heterocycles. The number of hydrogen-bond donors (Lipinski definition) is 1. The molecular weight excluding hydrogens is 365 g/mol. The van der Waals surface area contributed by atoms with Crippen molar-refractivity contribution < 1.29 is 17.9 Å². The number of anilines is 1. The summed E-state index contributed by atoms with van der Waals surface area (Å²) in [6, 6.07) is 15.8. The molecule has 0 unspecified atom stereocenters. The van der Waals surface area contributed by atoms with Crippen LogP contribution in [0.2, 0.25) is 0 Å². The summed E-state index contributed by atoms with van der Waals surface area (Å²) in [6.07, 6.45) is -1.69. The lowest BCUT2D eigenvalue weighted by Crippen LogP contribution is -2.52. The van der Waals surface area contributed by atoms with Gasteiger partial charge in [-0.15, -0.1) is 0 Å². The molecule has 0 bridgehead atoms. The molecule has 0 radical (unpaired) electrons. The second-order valence-electron chi connectivity index (χ2n) is 7.49. The van der Waals surface area contributed by atoms with Crippen molar-refractivity contribution in [3.63, 3.8) is 0 Å². The summed E-state index contributed by atoms with van der Waals surface area (Å²) in [5, 5.41) is 3.35. The minimum atomic E-state index is -4.34. The monoisotopic (exact) mass is 392 g/mol. The van der Waals surface area contributed by atoms with Crippen molar-refractivity contribution in [2.24, 2.45) is 0 Å². The van der Waals surface area contributed by atoms with E-state index >= 15 is 0 Å². The molecule has 1 N–H and O–H groups in total. The largest absolute Gasteiger partial charge is 0.416 e. The Bertz CT molecular complexity index is 741. The van der Waals surface area contributed by atoms with Crippen molar-refractivity contribution in [3.8, 4) is 0 Å². The van der Waals surface area contributed by atoms with Gasteiger partial charge in [0, 0.05) is 32.4 Å². The first-order valence-electron chi connectivity index (χ1n) is 9.61. The lowest BCUT2D eigenvalue weighted by molar-refractivity contribution is -0.137. The van der Waals surface area contributed by atoms with Crippen molar-refractivity contribution in [2.75, 3.05) is 38.7 Å². The molecule has 0 atom stereocenters. The van der Waals surface area contributed by atoms with Gasteiger partial charge < -0.3 is 15.0 Å². The molecule has 0 spiro atoms. The molecule has 0 aliphatic carbocycles. The van der Waals surface area contributed by atoms with Gasteiger partial charge in [0.2, 0.25) is 0 Å². The van der Waals surface area contributed by atoms with Crippen LogP contribution < -0.4 is 5.32 Å². The Morgan fingerprint density at radius 3 is 2.39 bits per heavy atom. The Hall–Kier alpha value is -2.05. The SMILES string of the molecule is COCC1(Nc2cccc(C(F)(F)F)c2)CCN(CCc2ccccc2)CC1. The molecule has 0 aromatic heterocycles. The number of methoxy groups -OCH3 is 1. The van der Waals surface area contributed by atoms with Crippen LogP contribution in [-0.4, -0.2) is 43.8 Å². The third-order valence-electron chi connectivity index (χ3n) is 5.39. The molecule has 6 heteroatoms. The molecule has 1 fully saturated rings.